The molecule has 0 aromatic carbocycles. The molecule has 0 radical (unpaired) electrons. The van der Waals surface area contributed by atoms with E-state index in [4.69, 9.17) is 4.74 Å². The van der Waals surface area contributed by atoms with Crippen LogP contribution in [0, 0.1) is 5.41 Å². The molecule has 0 bridgehead atoms. The zero-order chi connectivity index (χ0) is 30.6. The minimum atomic E-state index is -0.402. The Balaban J connectivity index is 1.24. The summed E-state index contributed by atoms with van der Waals surface area (Å²) in [4.78, 5) is 42.2. The number of rotatable bonds is 6. The minimum absolute atomic E-state index is 0.142. The molecule has 1 aliphatic carbocycles. The molecule has 0 amide bonds. The van der Waals surface area contributed by atoms with Crippen LogP contribution in [0.5, 0.6) is 0 Å². The lowest BCUT2D eigenvalue weighted by atomic mass is 9.90. The van der Waals surface area contributed by atoms with Crippen LogP contribution >= 0.6 is 0 Å². The van der Waals surface area contributed by atoms with Gasteiger partial charge in [0.25, 0.3) is 11.1 Å². The second-order valence-electron chi connectivity index (χ2n) is 12.1. The Hall–Kier alpha value is -4.88. The molecule has 6 heterocycles. The van der Waals surface area contributed by atoms with Crippen molar-refractivity contribution in [1.82, 2.24) is 33.7 Å². The second kappa shape index (κ2) is 10.7. The van der Waals surface area contributed by atoms with E-state index in [9.17, 15) is 14.7 Å². The number of aliphatic hydroxyl groups excluding tert-OH is 1. The molecule has 13 nitrogen and oxygen atoms in total. The average molecular weight is 596 g/mol. The van der Waals surface area contributed by atoms with Gasteiger partial charge in [-0.15, -0.1) is 0 Å². The van der Waals surface area contributed by atoms with E-state index in [2.05, 4.69) is 44.1 Å². The predicted molar refractivity (Wildman–Crippen MR) is 165 cm³/mol. The van der Waals surface area contributed by atoms with Crippen LogP contribution < -0.4 is 21.3 Å². The lowest BCUT2D eigenvalue weighted by Gasteiger charge is -2.28. The fourth-order valence-corrected chi connectivity index (χ4v) is 6.24. The van der Waals surface area contributed by atoms with Crippen molar-refractivity contribution in [1.29, 1.82) is 0 Å². The number of nitrogens with one attached hydrogen (secondary N) is 1. The van der Waals surface area contributed by atoms with Crippen LogP contribution in [0.3, 0.4) is 0 Å². The fourth-order valence-electron chi connectivity index (χ4n) is 6.24. The van der Waals surface area contributed by atoms with Crippen molar-refractivity contribution < 1.29 is 9.84 Å². The van der Waals surface area contributed by atoms with Gasteiger partial charge in [0.2, 0.25) is 5.95 Å². The third kappa shape index (κ3) is 4.83. The molecule has 5 aromatic heterocycles. The maximum atomic E-state index is 13.7. The number of ether oxygens (including phenoxy) is 1. The first-order valence-corrected chi connectivity index (χ1v) is 14.6. The van der Waals surface area contributed by atoms with Gasteiger partial charge in [-0.05, 0) is 47.6 Å². The molecule has 2 N–H and O–H groups in total. The van der Waals surface area contributed by atoms with Crippen molar-refractivity contribution in [2.24, 2.45) is 12.5 Å². The minimum Gasteiger partial charge on any atom is -0.392 e. The predicted octanol–water partition coefficient (Wildman–Crippen LogP) is 2.23. The van der Waals surface area contributed by atoms with Crippen molar-refractivity contribution in [2.45, 2.75) is 33.3 Å². The Morgan fingerprint density at radius 1 is 1.05 bits per heavy atom. The van der Waals surface area contributed by atoms with Crippen molar-refractivity contribution in [3.05, 3.63) is 86.8 Å². The molecule has 1 aliphatic heterocycles. The van der Waals surface area contributed by atoms with E-state index < -0.39 is 6.61 Å². The third-order valence-corrected chi connectivity index (χ3v) is 8.39. The highest BCUT2D eigenvalue weighted by Crippen LogP contribution is 2.37. The molecule has 0 saturated carbocycles. The molecule has 226 valence electrons. The molecule has 1 saturated heterocycles. The summed E-state index contributed by atoms with van der Waals surface area (Å²) in [5.74, 6) is 0.505. The summed E-state index contributed by atoms with van der Waals surface area (Å²) >= 11 is 0. The van der Waals surface area contributed by atoms with Gasteiger partial charge in [0, 0.05) is 49.4 Å². The summed E-state index contributed by atoms with van der Waals surface area (Å²) in [6.07, 6.45) is 10.1. The first-order chi connectivity index (χ1) is 21.2. The van der Waals surface area contributed by atoms with Crippen LogP contribution in [-0.4, -0.2) is 65.1 Å². The zero-order valence-electron chi connectivity index (χ0n) is 24.8. The molecule has 1 fully saturated rings. The van der Waals surface area contributed by atoms with Crippen LogP contribution in [0.25, 0.3) is 22.5 Å². The van der Waals surface area contributed by atoms with Crippen molar-refractivity contribution in [2.75, 3.05) is 36.5 Å². The van der Waals surface area contributed by atoms with Gasteiger partial charge in [0.1, 0.15) is 17.5 Å². The van der Waals surface area contributed by atoms with Gasteiger partial charge >= 0.3 is 0 Å². The Morgan fingerprint density at radius 3 is 2.57 bits per heavy atom. The van der Waals surface area contributed by atoms with E-state index in [-0.39, 0.29) is 34.0 Å². The molecule has 44 heavy (non-hydrogen) atoms. The Kier molecular flexibility index (Phi) is 6.78. The zero-order valence-corrected chi connectivity index (χ0v) is 24.8. The van der Waals surface area contributed by atoms with Gasteiger partial charge in [-0.3, -0.25) is 14.0 Å². The van der Waals surface area contributed by atoms with E-state index >= 15 is 0 Å². The number of hydrogen-bond acceptors (Lipinski definition) is 10. The molecule has 5 aromatic rings. The van der Waals surface area contributed by atoms with E-state index in [1.165, 1.54) is 9.25 Å². The quantitative estimate of drug-likeness (QED) is 0.300. The lowest BCUT2D eigenvalue weighted by molar-refractivity contribution is 0.122. The number of hydrogen-bond donors (Lipinski definition) is 2. The van der Waals surface area contributed by atoms with Crippen LogP contribution in [0.15, 0.2) is 58.9 Å². The monoisotopic (exact) mass is 595 g/mol. The number of fused-ring (bicyclic) bond motifs is 3. The number of anilines is 3. The van der Waals surface area contributed by atoms with Gasteiger partial charge in [-0.1, -0.05) is 13.8 Å². The van der Waals surface area contributed by atoms with E-state index in [1.54, 1.807) is 50.3 Å². The van der Waals surface area contributed by atoms with Crippen molar-refractivity contribution in [3.63, 3.8) is 0 Å². The highest BCUT2D eigenvalue weighted by molar-refractivity contribution is 5.73. The third-order valence-electron chi connectivity index (χ3n) is 8.39. The average Bonchev–Trinajstić information content (AvgIpc) is 3.52. The fraction of sp³-hybridized carbons (Fsp3) is 0.355. The van der Waals surface area contributed by atoms with Gasteiger partial charge in [0.15, 0.2) is 5.82 Å². The highest BCUT2D eigenvalue weighted by Gasteiger charge is 2.32. The smallest absolute Gasteiger partial charge is 0.297 e. The molecule has 13 heteroatoms. The largest absolute Gasteiger partial charge is 0.392 e. The van der Waals surface area contributed by atoms with Gasteiger partial charge in [-0.25, -0.2) is 15.0 Å². The number of aryl methyl sites for hydroxylation is 1. The van der Waals surface area contributed by atoms with Gasteiger partial charge < -0.3 is 24.6 Å². The molecule has 0 spiro atoms. The number of aliphatic hydroxyl groups is 1. The topological polar surface area (TPSA) is 145 Å². The van der Waals surface area contributed by atoms with Crippen molar-refractivity contribution in [3.8, 4) is 16.9 Å². The molecule has 0 atom stereocenters. The molecule has 0 unspecified atom stereocenters. The highest BCUT2D eigenvalue weighted by atomic mass is 16.5. The molecular formula is C31H33N9O4. The van der Waals surface area contributed by atoms with E-state index in [0.717, 1.165) is 42.9 Å². The van der Waals surface area contributed by atoms with Crippen molar-refractivity contribution >= 4 is 22.8 Å². The molecule has 7 rings (SSSR count). The summed E-state index contributed by atoms with van der Waals surface area (Å²) in [5.41, 5.74) is 5.10. The summed E-state index contributed by atoms with van der Waals surface area (Å²) < 4.78 is 9.96. The van der Waals surface area contributed by atoms with Crippen LogP contribution in [0.1, 0.15) is 30.7 Å². The summed E-state index contributed by atoms with van der Waals surface area (Å²) in [7, 11) is 1.65. The normalized spacial score (nSPS) is 16.0. The van der Waals surface area contributed by atoms with Crippen LogP contribution in [0.4, 0.5) is 17.3 Å². The van der Waals surface area contributed by atoms with Crippen LogP contribution in [0.2, 0.25) is 0 Å². The van der Waals surface area contributed by atoms with Gasteiger partial charge in [0.05, 0.1) is 37.9 Å². The Bertz CT molecular complexity index is 2000. The number of pyridine rings is 2. The Labute approximate surface area is 252 Å². The summed E-state index contributed by atoms with van der Waals surface area (Å²) in [5, 5.41) is 18.0. The SMILES string of the molecule is Cn1cc(-c2ccnc(-n3ncn4c5c(cc4c3=O)CC(C)(C)C5)c2CO)cc(Nc2ncc(N3CCOCC3)cn2)c1=O. The standard InChI is InChI=1S/C31H33N9O4/c1-31(2)12-19-11-25-29(43)40(35-18-39(25)26(19)13-31)27-23(17-41)22(4-5-32-27)20-10-24(28(42)37(3)16-20)36-30-33-14-21(15-34-30)38-6-8-44-9-7-38/h4-5,10-11,14-16,18,41H,6-9,12-13,17H2,1-3H3,(H,33,34,36). The van der Waals surface area contributed by atoms with E-state index in [0.29, 0.717) is 35.4 Å². The number of aromatic nitrogens is 7. The summed E-state index contributed by atoms with van der Waals surface area (Å²) in [6.45, 7) is 6.87. The maximum absolute atomic E-state index is 13.7. The first kappa shape index (κ1) is 27.9. The molecular weight excluding hydrogens is 562 g/mol. The van der Waals surface area contributed by atoms with Gasteiger partial charge in [-0.2, -0.15) is 9.78 Å². The first-order valence-electron chi connectivity index (χ1n) is 14.6. The number of morpholine rings is 1. The summed E-state index contributed by atoms with van der Waals surface area (Å²) in [6, 6.07) is 5.36. The molecule has 2 aliphatic rings. The number of nitrogens with zero attached hydrogens (tertiary/aromatic N) is 8. The Morgan fingerprint density at radius 2 is 1.82 bits per heavy atom. The van der Waals surface area contributed by atoms with Crippen LogP contribution in [-0.2, 0) is 31.2 Å². The van der Waals surface area contributed by atoms with E-state index in [1.807, 2.05) is 10.5 Å². The maximum Gasteiger partial charge on any atom is 0.297 e. The lowest BCUT2D eigenvalue weighted by Crippen LogP contribution is -2.36. The second-order valence-corrected chi connectivity index (χ2v) is 12.1.